The molecular formula is C15H17BrN2O2. The van der Waals surface area contributed by atoms with E-state index < -0.39 is 11.7 Å². The number of hydrogen-bond donors (Lipinski definition) is 1. The highest BCUT2D eigenvalue weighted by molar-refractivity contribution is 9.10. The van der Waals surface area contributed by atoms with Gasteiger partial charge in [-0.2, -0.15) is 0 Å². The third-order valence-electron chi connectivity index (χ3n) is 3.78. The molecule has 1 saturated carbocycles. The molecule has 1 amide bonds. The molecule has 2 aliphatic rings. The molecule has 1 heterocycles. The second-order valence-corrected chi connectivity index (χ2v) is 6.52. The van der Waals surface area contributed by atoms with E-state index in [1.165, 1.54) is 12.8 Å². The fraction of sp³-hybridized carbons (Fsp3) is 0.467. The molecule has 4 nitrogen and oxygen atoms in total. The molecule has 1 aliphatic carbocycles. The minimum atomic E-state index is -0.412. The minimum Gasteiger partial charge on any atom is -0.314 e. The number of anilines is 1. The topological polar surface area (TPSA) is 49.4 Å². The van der Waals surface area contributed by atoms with E-state index in [2.05, 4.69) is 28.2 Å². The normalized spacial score (nSPS) is 19.4. The highest BCUT2D eigenvalue weighted by Gasteiger charge is 2.37. The van der Waals surface area contributed by atoms with Gasteiger partial charge >= 0.3 is 0 Å². The Morgan fingerprint density at radius 2 is 2.15 bits per heavy atom. The standard InChI is InChI=1S/C15H17BrN2O2/c1-9(7-17-10-5-6-10)8-18-12-4-2-3-11(16)13(12)14(19)15(18)20/h2-4,9-10,17H,5-8H2,1H3. The van der Waals surface area contributed by atoms with Gasteiger partial charge in [-0.1, -0.05) is 13.0 Å². The highest BCUT2D eigenvalue weighted by atomic mass is 79.9. The summed E-state index contributed by atoms with van der Waals surface area (Å²) in [5.41, 5.74) is 1.23. The van der Waals surface area contributed by atoms with Gasteiger partial charge in [-0.3, -0.25) is 9.59 Å². The summed E-state index contributed by atoms with van der Waals surface area (Å²) < 4.78 is 0.694. The summed E-state index contributed by atoms with van der Waals surface area (Å²) in [6, 6.07) is 6.15. The maximum Gasteiger partial charge on any atom is 0.299 e. The van der Waals surface area contributed by atoms with Crippen LogP contribution in [0.4, 0.5) is 5.69 Å². The lowest BCUT2D eigenvalue weighted by atomic mass is 10.1. The summed E-state index contributed by atoms with van der Waals surface area (Å²) in [4.78, 5) is 25.8. The molecule has 1 aromatic rings. The molecule has 106 valence electrons. The van der Waals surface area contributed by atoms with Crippen molar-refractivity contribution in [3.63, 3.8) is 0 Å². The number of fused-ring (bicyclic) bond motifs is 1. The van der Waals surface area contributed by atoms with E-state index in [1.807, 2.05) is 12.1 Å². The van der Waals surface area contributed by atoms with Crippen LogP contribution in [-0.2, 0) is 4.79 Å². The quantitative estimate of drug-likeness (QED) is 0.840. The fourth-order valence-electron chi connectivity index (χ4n) is 2.51. The third kappa shape index (κ3) is 2.52. The van der Waals surface area contributed by atoms with Gasteiger partial charge in [0.25, 0.3) is 11.7 Å². The van der Waals surface area contributed by atoms with Crippen LogP contribution in [-0.4, -0.2) is 30.8 Å². The fourth-order valence-corrected chi connectivity index (χ4v) is 3.05. The summed E-state index contributed by atoms with van der Waals surface area (Å²) in [6.07, 6.45) is 2.51. The van der Waals surface area contributed by atoms with Crippen molar-refractivity contribution in [1.82, 2.24) is 5.32 Å². The summed E-state index contributed by atoms with van der Waals surface area (Å²) in [5.74, 6) is -0.503. The second-order valence-electron chi connectivity index (χ2n) is 5.67. The molecule has 0 spiro atoms. The van der Waals surface area contributed by atoms with E-state index >= 15 is 0 Å². The smallest absolute Gasteiger partial charge is 0.299 e. The summed E-state index contributed by atoms with van der Waals surface area (Å²) in [7, 11) is 0. The number of nitrogens with zero attached hydrogens (tertiary/aromatic N) is 1. The van der Waals surface area contributed by atoms with E-state index in [9.17, 15) is 9.59 Å². The molecule has 1 fully saturated rings. The molecule has 1 N–H and O–H groups in total. The van der Waals surface area contributed by atoms with Crippen molar-refractivity contribution < 1.29 is 9.59 Å². The Bertz CT molecular complexity index is 569. The third-order valence-corrected chi connectivity index (χ3v) is 4.44. The zero-order valence-electron chi connectivity index (χ0n) is 11.4. The minimum absolute atomic E-state index is 0.317. The van der Waals surface area contributed by atoms with Crippen molar-refractivity contribution in [3.8, 4) is 0 Å². The van der Waals surface area contributed by atoms with Gasteiger partial charge in [0.2, 0.25) is 0 Å². The molecule has 1 aliphatic heterocycles. The molecule has 0 aromatic heterocycles. The monoisotopic (exact) mass is 336 g/mol. The number of Topliss-reactive ketones (excluding diaryl/α,β-unsaturated/α-hetero) is 1. The molecule has 0 radical (unpaired) electrons. The summed E-state index contributed by atoms with van der Waals surface area (Å²) >= 11 is 3.35. The number of ketones is 1. The number of carbonyl (C=O) groups excluding carboxylic acids is 2. The molecule has 3 rings (SSSR count). The number of carbonyl (C=O) groups is 2. The first-order valence-corrected chi connectivity index (χ1v) is 7.75. The summed E-state index contributed by atoms with van der Waals surface area (Å²) in [5, 5.41) is 3.46. The first kappa shape index (κ1) is 13.8. The van der Waals surface area contributed by atoms with Crippen molar-refractivity contribution in [1.29, 1.82) is 0 Å². The largest absolute Gasteiger partial charge is 0.314 e. The second kappa shape index (κ2) is 5.30. The maximum atomic E-state index is 12.1. The van der Waals surface area contributed by atoms with Crippen molar-refractivity contribution in [3.05, 3.63) is 28.2 Å². The molecular weight excluding hydrogens is 320 g/mol. The predicted molar refractivity (Wildman–Crippen MR) is 81.0 cm³/mol. The van der Waals surface area contributed by atoms with Gasteiger partial charge in [0, 0.05) is 17.1 Å². The van der Waals surface area contributed by atoms with Crippen LogP contribution in [0.15, 0.2) is 22.7 Å². The number of amides is 1. The molecule has 0 bridgehead atoms. The first-order valence-electron chi connectivity index (χ1n) is 6.96. The molecule has 20 heavy (non-hydrogen) atoms. The van der Waals surface area contributed by atoms with Crippen LogP contribution in [0.25, 0.3) is 0 Å². The van der Waals surface area contributed by atoms with Crippen LogP contribution in [0, 0.1) is 5.92 Å². The zero-order chi connectivity index (χ0) is 14.3. The Labute approximate surface area is 126 Å². The van der Waals surface area contributed by atoms with E-state index in [4.69, 9.17) is 0 Å². The molecule has 1 atom stereocenters. The van der Waals surface area contributed by atoms with Crippen LogP contribution < -0.4 is 10.2 Å². The van der Waals surface area contributed by atoms with Crippen molar-refractivity contribution in [2.24, 2.45) is 5.92 Å². The Balaban J connectivity index is 1.75. The van der Waals surface area contributed by atoms with Crippen molar-refractivity contribution in [2.75, 3.05) is 18.0 Å². The zero-order valence-corrected chi connectivity index (χ0v) is 12.9. The van der Waals surface area contributed by atoms with Gasteiger partial charge in [-0.25, -0.2) is 0 Å². The lowest BCUT2D eigenvalue weighted by Crippen LogP contribution is -2.37. The van der Waals surface area contributed by atoms with Gasteiger partial charge in [-0.05, 0) is 53.4 Å². The first-order chi connectivity index (χ1) is 9.58. The van der Waals surface area contributed by atoms with Crippen molar-refractivity contribution in [2.45, 2.75) is 25.8 Å². The van der Waals surface area contributed by atoms with Gasteiger partial charge in [-0.15, -0.1) is 0 Å². The van der Waals surface area contributed by atoms with Gasteiger partial charge < -0.3 is 10.2 Å². The summed E-state index contributed by atoms with van der Waals surface area (Å²) in [6.45, 7) is 3.56. The lowest BCUT2D eigenvalue weighted by molar-refractivity contribution is -0.114. The number of benzene rings is 1. The number of halogens is 1. The van der Waals surface area contributed by atoms with Gasteiger partial charge in [0.1, 0.15) is 0 Å². The molecule has 5 heteroatoms. The van der Waals surface area contributed by atoms with Crippen LogP contribution >= 0.6 is 15.9 Å². The highest BCUT2D eigenvalue weighted by Crippen LogP contribution is 2.34. The molecule has 0 saturated heterocycles. The van der Waals surface area contributed by atoms with E-state index in [0.717, 1.165) is 12.2 Å². The Morgan fingerprint density at radius 1 is 1.40 bits per heavy atom. The average Bonchev–Trinajstić information content (AvgIpc) is 3.21. The van der Waals surface area contributed by atoms with Gasteiger partial charge in [0.15, 0.2) is 0 Å². The molecule has 1 unspecified atom stereocenters. The van der Waals surface area contributed by atoms with Crippen LogP contribution in [0.5, 0.6) is 0 Å². The number of hydrogen-bond acceptors (Lipinski definition) is 3. The predicted octanol–water partition coefficient (Wildman–Crippen LogP) is 2.37. The van der Waals surface area contributed by atoms with E-state index in [0.29, 0.717) is 28.5 Å². The van der Waals surface area contributed by atoms with Crippen LogP contribution in [0.2, 0.25) is 0 Å². The number of nitrogens with one attached hydrogen (secondary N) is 1. The average molecular weight is 337 g/mol. The Kier molecular flexibility index (Phi) is 3.65. The SMILES string of the molecule is CC(CNC1CC1)CN1C(=O)C(=O)c2c(Br)cccc21. The Morgan fingerprint density at radius 3 is 2.85 bits per heavy atom. The van der Waals surface area contributed by atoms with E-state index in [1.54, 1.807) is 11.0 Å². The van der Waals surface area contributed by atoms with Crippen molar-refractivity contribution >= 4 is 33.3 Å². The van der Waals surface area contributed by atoms with E-state index in [-0.39, 0.29) is 0 Å². The van der Waals surface area contributed by atoms with Crippen LogP contribution in [0.3, 0.4) is 0 Å². The maximum absolute atomic E-state index is 12.1. The lowest BCUT2D eigenvalue weighted by Gasteiger charge is -2.21. The van der Waals surface area contributed by atoms with Crippen LogP contribution in [0.1, 0.15) is 30.1 Å². The van der Waals surface area contributed by atoms with Gasteiger partial charge in [0.05, 0.1) is 11.3 Å². The molecule has 1 aromatic carbocycles. The number of rotatable bonds is 5. The Hall–Kier alpha value is -1.20.